The third-order valence-electron chi connectivity index (χ3n) is 3.41. The van der Waals surface area contributed by atoms with Gasteiger partial charge >= 0.3 is 0 Å². The number of carbonyl (C=O) groups is 1. The van der Waals surface area contributed by atoms with Crippen LogP contribution in [0.5, 0.6) is 0 Å². The second-order valence-electron chi connectivity index (χ2n) is 4.90. The normalized spacial score (nSPS) is 15.7. The minimum atomic E-state index is -0.322. The molecule has 2 N–H and O–H groups in total. The predicted molar refractivity (Wildman–Crippen MR) is 77.2 cm³/mol. The molecule has 1 heterocycles. The minimum Gasteiger partial charge on any atom is -0.326 e. The van der Waals surface area contributed by atoms with Crippen LogP contribution in [0.1, 0.15) is 24.8 Å². The van der Waals surface area contributed by atoms with Crippen molar-refractivity contribution < 1.29 is 9.18 Å². The second-order valence-corrected chi connectivity index (χ2v) is 4.90. The molecular weight excluding hydrogens is 267 g/mol. The Bertz CT molecular complexity index is 433. The summed E-state index contributed by atoms with van der Waals surface area (Å²) in [5.74, 6) is 0.105. The fourth-order valence-electron chi connectivity index (χ4n) is 2.28. The smallest absolute Gasteiger partial charge is 0.224 e. The Morgan fingerprint density at radius 1 is 1.42 bits per heavy atom. The molecule has 106 valence electrons. The zero-order chi connectivity index (χ0) is 13.0. The number of nitrogens with one attached hydrogen (secondary N) is 2. The minimum absolute atomic E-state index is 0. The molecule has 0 spiro atoms. The SMILES string of the molecule is Cc1ccc(F)cc1NC(=O)CC1CCNCC1.Cl. The fourth-order valence-corrected chi connectivity index (χ4v) is 2.28. The van der Waals surface area contributed by atoms with Crippen LogP contribution in [0, 0.1) is 18.7 Å². The maximum atomic E-state index is 13.1. The van der Waals surface area contributed by atoms with Crippen molar-refractivity contribution >= 4 is 24.0 Å². The molecule has 0 atom stereocenters. The zero-order valence-corrected chi connectivity index (χ0v) is 11.9. The number of aryl methyl sites for hydroxylation is 1. The van der Waals surface area contributed by atoms with Crippen molar-refractivity contribution in [2.45, 2.75) is 26.2 Å². The molecule has 1 aromatic carbocycles. The summed E-state index contributed by atoms with van der Waals surface area (Å²) < 4.78 is 13.1. The average Bonchev–Trinajstić information content (AvgIpc) is 2.35. The summed E-state index contributed by atoms with van der Waals surface area (Å²) in [4.78, 5) is 11.9. The average molecular weight is 287 g/mol. The first-order valence-corrected chi connectivity index (χ1v) is 6.42. The van der Waals surface area contributed by atoms with E-state index in [0.717, 1.165) is 31.5 Å². The van der Waals surface area contributed by atoms with Gasteiger partial charge in [-0.1, -0.05) is 6.07 Å². The van der Waals surface area contributed by atoms with Gasteiger partial charge in [0.2, 0.25) is 5.91 Å². The summed E-state index contributed by atoms with van der Waals surface area (Å²) in [5, 5.41) is 6.07. The summed E-state index contributed by atoms with van der Waals surface area (Å²) in [7, 11) is 0. The standard InChI is InChI=1S/C14H19FN2O.ClH/c1-10-2-3-12(15)9-13(10)17-14(18)8-11-4-6-16-7-5-11;/h2-3,9,11,16H,4-8H2,1H3,(H,17,18);1H. The van der Waals surface area contributed by atoms with Gasteiger partial charge in [0.1, 0.15) is 5.82 Å². The lowest BCUT2D eigenvalue weighted by atomic mass is 9.94. The van der Waals surface area contributed by atoms with Crippen LogP contribution in [0.3, 0.4) is 0 Å². The number of amides is 1. The van der Waals surface area contributed by atoms with Crippen molar-refractivity contribution in [3.05, 3.63) is 29.6 Å². The third-order valence-corrected chi connectivity index (χ3v) is 3.41. The first kappa shape index (κ1) is 15.9. The molecule has 0 aliphatic carbocycles. The Hall–Kier alpha value is -1.13. The first-order chi connectivity index (χ1) is 8.65. The molecule has 1 fully saturated rings. The topological polar surface area (TPSA) is 41.1 Å². The lowest BCUT2D eigenvalue weighted by Gasteiger charge is -2.22. The van der Waals surface area contributed by atoms with E-state index in [4.69, 9.17) is 0 Å². The van der Waals surface area contributed by atoms with Gasteiger partial charge in [-0.15, -0.1) is 12.4 Å². The van der Waals surface area contributed by atoms with Crippen LogP contribution in [0.25, 0.3) is 0 Å². The van der Waals surface area contributed by atoms with Gasteiger partial charge in [-0.3, -0.25) is 4.79 Å². The van der Waals surface area contributed by atoms with E-state index in [1.807, 2.05) is 6.92 Å². The van der Waals surface area contributed by atoms with Crippen molar-refractivity contribution in [2.75, 3.05) is 18.4 Å². The van der Waals surface area contributed by atoms with E-state index in [0.29, 0.717) is 18.0 Å². The van der Waals surface area contributed by atoms with Gasteiger partial charge in [-0.2, -0.15) is 0 Å². The molecular formula is C14H20ClFN2O. The maximum absolute atomic E-state index is 13.1. The number of rotatable bonds is 3. The molecule has 3 nitrogen and oxygen atoms in total. The van der Waals surface area contributed by atoms with Crippen LogP contribution in [-0.4, -0.2) is 19.0 Å². The molecule has 0 radical (unpaired) electrons. The molecule has 1 aliphatic rings. The Morgan fingerprint density at radius 3 is 2.79 bits per heavy atom. The van der Waals surface area contributed by atoms with Gasteiger partial charge in [0.15, 0.2) is 0 Å². The fraction of sp³-hybridized carbons (Fsp3) is 0.500. The molecule has 1 aromatic rings. The molecule has 5 heteroatoms. The van der Waals surface area contributed by atoms with E-state index >= 15 is 0 Å². The van der Waals surface area contributed by atoms with E-state index in [2.05, 4.69) is 10.6 Å². The Kier molecular flexibility index (Phi) is 6.25. The summed E-state index contributed by atoms with van der Waals surface area (Å²) in [5.41, 5.74) is 1.46. The molecule has 1 amide bonds. The molecule has 0 unspecified atom stereocenters. The molecule has 2 rings (SSSR count). The summed E-state index contributed by atoms with van der Waals surface area (Å²) in [6, 6.07) is 4.45. The van der Waals surface area contributed by atoms with Gasteiger partial charge in [-0.05, 0) is 56.5 Å². The Morgan fingerprint density at radius 2 is 2.11 bits per heavy atom. The lowest BCUT2D eigenvalue weighted by molar-refractivity contribution is -0.117. The van der Waals surface area contributed by atoms with Crippen LogP contribution in [0.15, 0.2) is 18.2 Å². The third kappa shape index (κ3) is 4.80. The second kappa shape index (κ2) is 7.46. The first-order valence-electron chi connectivity index (χ1n) is 6.42. The van der Waals surface area contributed by atoms with Gasteiger partial charge in [0.05, 0.1) is 0 Å². The highest BCUT2D eigenvalue weighted by atomic mass is 35.5. The molecule has 0 saturated carbocycles. The highest BCUT2D eigenvalue weighted by molar-refractivity contribution is 5.91. The van der Waals surface area contributed by atoms with E-state index in [9.17, 15) is 9.18 Å². The van der Waals surface area contributed by atoms with Gasteiger partial charge in [0.25, 0.3) is 0 Å². The van der Waals surface area contributed by atoms with Crippen LogP contribution in [-0.2, 0) is 4.79 Å². The van der Waals surface area contributed by atoms with E-state index < -0.39 is 0 Å². The number of carbonyl (C=O) groups excluding carboxylic acids is 1. The number of hydrogen-bond acceptors (Lipinski definition) is 2. The summed E-state index contributed by atoms with van der Waals surface area (Å²) >= 11 is 0. The Labute approximate surface area is 119 Å². The van der Waals surface area contributed by atoms with Crippen molar-refractivity contribution in [3.63, 3.8) is 0 Å². The van der Waals surface area contributed by atoms with E-state index in [1.165, 1.54) is 12.1 Å². The van der Waals surface area contributed by atoms with Crippen LogP contribution in [0.2, 0.25) is 0 Å². The van der Waals surface area contributed by atoms with E-state index in [1.54, 1.807) is 6.07 Å². The number of halogens is 2. The van der Waals surface area contributed by atoms with Crippen molar-refractivity contribution in [2.24, 2.45) is 5.92 Å². The summed E-state index contributed by atoms with van der Waals surface area (Å²) in [6.07, 6.45) is 2.60. The van der Waals surface area contributed by atoms with Crippen molar-refractivity contribution in [3.8, 4) is 0 Å². The monoisotopic (exact) mass is 286 g/mol. The zero-order valence-electron chi connectivity index (χ0n) is 11.0. The number of hydrogen-bond donors (Lipinski definition) is 2. The predicted octanol–water partition coefficient (Wildman–Crippen LogP) is 2.88. The Balaban J connectivity index is 0.00000180. The maximum Gasteiger partial charge on any atom is 0.224 e. The van der Waals surface area contributed by atoms with Gasteiger partial charge in [0, 0.05) is 12.1 Å². The molecule has 1 saturated heterocycles. The highest BCUT2D eigenvalue weighted by Crippen LogP contribution is 2.19. The van der Waals surface area contributed by atoms with Crippen LogP contribution < -0.4 is 10.6 Å². The summed E-state index contributed by atoms with van der Waals surface area (Å²) in [6.45, 7) is 3.83. The largest absolute Gasteiger partial charge is 0.326 e. The number of piperidine rings is 1. The van der Waals surface area contributed by atoms with E-state index in [-0.39, 0.29) is 24.1 Å². The molecule has 19 heavy (non-hydrogen) atoms. The van der Waals surface area contributed by atoms with Gasteiger partial charge in [-0.25, -0.2) is 4.39 Å². The van der Waals surface area contributed by atoms with Gasteiger partial charge < -0.3 is 10.6 Å². The molecule has 1 aliphatic heterocycles. The van der Waals surface area contributed by atoms with Crippen molar-refractivity contribution in [1.82, 2.24) is 5.32 Å². The van der Waals surface area contributed by atoms with Crippen molar-refractivity contribution in [1.29, 1.82) is 0 Å². The molecule has 0 bridgehead atoms. The van der Waals surface area contributed by atoms with Crippen LogP contribution in [0.4, 0.5) is 10.1 Å². The van der Waals surface area contributed by atoms with Crippen LogP contribution >= 0.6 is 12.4 Å². The number of anilines is 1. The molecule has 0 aromatic heterocycles. The number of benzene rings is 1. The lowest BCUT2D eigenvalue weighted by Crippen LogP contribution is -2.30. The highest BCUT2D eigenvalue weighted by Gasteiger charge is 2.17. The quantitative estimate of drug-likeness (QED) is 0.897.